The van der Waals surface area contributed by atoms with Gasteiger partial charge in [0.2, 0.25) is 10.0 Å². The van der Waals surface area contributed by atoms with E-state index in [9.17, 15) is 21.9 Å². The number of sulfonamides is 1. The van der Waals surface area contributed by atoms with Gasteiger partial charge in [0.15, 0.2) is 9.84 Å². The van der Waals surface area contributed by atoms with Gasteiger partial charge in [-0.3, -0.25) is 0 Å². The van der Waals surface area contributed by atoms with Crippen molar-refractivity contribution in [2.45, 2.75) is 82.1 Å². The molecule has 8 nitrogen and oxygen atoms in total. The van der Waals surface area contributed by atoms with Crippen LogP contribution in [0.25, 0.3) is 0 Å². The summed E-state index contributed by atoms with van der Waals surface area (Å²) < 4.78 is 55.9. The SMILES string of the molecule is CCCCC1(CCCC)CS(=O)(=O)c2ccc(N(C)C)cc2[C@@H](c2ccc(OCCCCS(N)(=O)=O)cc2)[C@H]1O. The lowest BCUT2D eigenvalue weighted by Gasteiger charge is -2.40. The van der Waals surface area contributed by atoms with Gasteiger partial charge in [0.05, 0.1) is 29.1 Å². The fourth-order valence-corrected chi connectivity index (χ4v) is 8.56. The van der Waals surface area contributed by atoms with Crippen molar-refractivity contribution >= 4 is 25.5 Å². The number of fused-ring (bicyclic) bond motifs is 1. The molecule has 1 aliphatic rings. The van der Waals surface area contributed by atoms with Crippen molar-refractivity contribution in [3.63, 3.8) is 0 Å². The Morgan fingerprint density at radius 2 is 1.62 bits per heavy atom. The van der Waals surface area contributed by atoms with Crippen molar-refractivity contribution in [2.24, 2.45) is 10.6 Å². The van der Waals surface area contributed by atoms with E-state index in [1.807, 2.05) is 55.4 Å². The molecule has 3 rings (SSSR count). The molecule has 40 heavy (non-hydrogen) atoms. The zero-order chi connectivity index (χ0) is 29.6. The Kier molecular flexibility index (Phi) is 11.1. The molecule has 2 atom stereocenters. The predicted molar refractivity (Wildman–Crippen MR) is 161 cm³/mol. The molecule has 0 unspecified atom stereocenters. The van der Waals surface area contributed by atoms with Gasteiger partial charge in [-0.05, 0) is 67.1 Å². The van der Waals surface area contributed by atoms with E-state index in [1.54, 1.807) is 6.07 Å². The average Bonchev–Trinajstić information content (AvgIpc) is 2.96. The van der Waals surface area contributed by atoms with Crippen LogP contribution in [0.15, 0.2) is 47.4 Å². The first-order valence-electron chi connectivity index (χ1n) is 14.3. The Hall–Kier alpha value is -2.14. The molecule has 0 saturated heterocycles. The van der Waals surface area contributed by atoms with E-state index in [0.717, 1.165) is 36.9 Å². The molecule has 224 valence electrons. The number of nitrogens with zero attached hydrogens (tertiary/aromatic N) is 1. The number of ether oxygens (including phenoxy) is 1. The van der Waals surface area contributed by atoms with Crippen molar-refractivity contribution in [1.82, 2.24) is 0 Å². The van der Waals surface area contributed by atoms with E-state index in [2.05, 4.69) is 13.8 Å². The molecule has 0 aromatic heterocycles. The maximum Gasteiger partial charge on any atom is 0.209 e. The lowest BCUT2D eigenvalue weighted by molar-refractivity contribution is 0.0127. The number of hydrogen-bond donors (Lipinski definition) is 2. The van der Waals surface area contributed by atoms with Gasteiger partial charge in [-0.2, -0.15) is 0 Å². The van der Waals surface area contributed by atoms with E-state index in [4.69, 9.17) is 9.88 Å². The van der Waals surface area contributed by atoms with Crippen LogP contribution < -0.4 is 14.8 Å². The molecule has 0 radical (unpaired) electrons. The Balaban J connectivity index is 2.03. The van der Waals surface area contributed by atoms with Gasteiger partial charge in [0.1, 0.15) is 5.75 Å². The molecule has 0 aliphatic carbocycles. The molecule has 0 bridgehead atoms. The van der Waals surface area contributed by atoms with Gasteiger partial charge in [0.25, 0.3) is 0 Å². The zero-order valence-corrected chi connectivity index (χ0v) is 25.9. The Morgan fingerprint density at radius 1 is 1.00 bits per heavy atom. The fraction of sp³-hybridized carbons (Fsp3) is 0.600. The number of rotatable bonds is 14. The Bertz CT molecular complexity index is 1320. The summed E-state index contributed by atoms with van der Waals surface area (Å²) in [4.78, 5) is 2.24. The monoisotopic (exact) mass is 594 g/mol. The second kappa shape index (κ2) is 13.7. The summed E-state index contributed by atoms with van der Waals surface area (Å²) in [6.07, 6.45) is 4.92. The zero-order valence-electron chi connectivity index (χ0n) is 24.3. The number of unbranched alkanes of at least 4 members (excludes halogenated alkanes) is 3. The molecule has 10 heteroatoms. The molecular weight excluding hydrogens is 548 g/mol. The van der Waals surface area contributed by atoms with Gasteiger partial charge < -0.3 is 14.7 Å². The number of benzene rings is 2. The quantitative estimate of drug-likeness (QED) is 0.300. The second-order valence-corrected chi connectivity index (χ2v) is 15.1. The maximum absolute atomic E-state index is 13.9. The fourth-order valence-electron chi connectivity index (χ4n) is 5.76. The van der Waals surface area contributed by atoms with E-state index in [-0.39, 0.29) is 11.5 Å². The van der Waals surface area contributed by atoms with E-state index in [0.29, 0.717) is 48.5 Å². The number of nitrogens with two attached hydrogens (primary N) is 1. The first kappa shape index (κ1) is 32.4. The number of aliphatic hydroxyl groups is 1. The highest BCUT2D eigenvalue weighted by molar-refractivity contribution is 7.91. The normalized spacial score (nSPS) is 19.9. The summed E-state index contributed by atoms with van der Waals surface area (Å²) in [5.41, 5.74) is 1.58. The smallest absolute Gasteiger partial charge is 0.209 e. The summed E-state index contributed by atoms with van der Waals surface area (Å²) >= 11 is 0. The summed E-state index contributed by atoms with van der Waals surface area (Å²) in [5, 5.41) is 17.3. The maximum atomic E-state index is 13.9. The van der Waals surface area contributed by atoms with Crippen LogP contribution in [0.2, 0.25) is 0 Å². The standard InChI is InChI=1S/C30H46N2O6S2/c1-5-7-17-30(18-8-6-2)22-39(34,35)27-16-13-24(32(3)4)21-26(27)28(29(30)33)23-11-14-25(15-12-23)38-19-9-10-20-40(31,36)37/h11-16,21,28-29,33H,5-10,17-20,22H2,1-4H3,(H2,31,36,37)/t28-,29-/m1/s1. The van der Waals surface area contributed by atoms with Gasteiger partial charge in [-0.1, -0.05) is 51.7 Å². The second-order valence-electron chi connectivity index (χ2n) is 11.4. The van der Waals surface area contributed by atoms with Gasteiger partial charge in [-0.15, -0.1) is 0 Å². The van der Waals surface area contributed by atoms with Crippen LogP contribution in [0, 0.1) is 5.41 Å². The minimum absolute atomic E-state index is 0.0638. The molecule has 0 spiro atoms. The predicted octanol–water partition coefficient (Wildman–Crippen LogP) is 4.85. The highest BCUT2D eigenvalue weighted by Crippen LogP contribution is 2.50. The lowest BCUT2D eigenvalue weighted by atomic mass is 9.68. The lowest BCUT2D eigenvalue weighted by Crippen LogP contribution is -2.43. The number of hydrogen-bond acceptors (Lipinski definition) is 7. The third-order valence-corrected chi connectivity index (χ3v) is 10.8. The van der Waals surface area contributed by atoms with Crippen LogP contribution in [0.4, 0.5) is 5.69 Å². The van der Waals surface area contributed by atoms with Crippen molar-refractivity contribution in [1.29, 1.82) is 0 Å². The van der Waals surface area contributed by atoms with E-state index in [1.165, 1.54) is 0 Å². The van der Waals surface area contributed by atoms with Crippen molar-refractivity contribution in [3.05, 3.63) is 53.6 Å². The van der Waals surface area contributed by atoms with Crippen LogP contribution in [0.1, 0.15) is 82.3 Å². The Morgan fingerprint density at radius 3 is 2.17 bits per heavy atom. The number of sulfone groups is 1. The van der Waals surface area contributed by atoms with Crippen molar-refractivity contribution in [2.75, 3.05) is 37.1 Å². The molecule has 2 aromatic carbocycles. The molecule has 2 aromatic rings. The summed E-state index contributed by atoms with van der Waals surface area (Å²) in [6, 6.07) is 12.9. The molecule has 0 amide bonds. The van der Waals surface area contributed by atoms with Gasteiger partial charge in [0, 0.05) is 31.1 Å². The van der Waals surface area contributed by atoms with Crippen LogP contribution in [0.5, 0.6) is 5.75 Å². The molecule has 1 heterocycles. The van der Waals surface area contributed by atoms with Crippen LogP contribution in [0.3, 0.4) is 0 Å². The van der Waals surface area contributed by atoms with Crippen LogP contribution in [-0.4, -0.2) is 60.3 Å². The summed E-state index contributed by atoms with van der Waals surface area (Å²) in [6.45, 7) is 4.54. The first-order valence-corrected chi connectivity index (χ1v) is 17.7. The molecule has 0 saturated carbocycles. The largest absolute Gasteiger partial charge is 0.494 e. The summed E-state index contributed by atoms with van der Waals surface area (Å²) in [5.74, 6) is -0.0411. The topological polar surface area (TPSA) is 127 Å². The highest BCUT2D eigenvalue weighted by Gasteiger charge is 2.49. The van der Waals surface area contributed by atoms with Crippen LogP contribution in [-0.2, 0) is 19.9 Å². The third kappa shape index (κ3) is 7.99. The van der Waals surface area contributed by atoms with Gasteiger partial charge in [-0.25, -0.2) is 22.0 Å². The van der Waals surface area contributed by atoms with Crippen molar-refractivity contribution < 1.29 is 26.7 Å². The minimum atomic E-state index is -3.65. The molecule has 0 fully saturated rings. The highest BCUT2D eigenvalue weighted by atomic mass is 32.2. The Labute approximate surface area is 240 Å². The first-order chi connectivity index (χ1) is 18.8. The van der Waals surface area contributed by atoms with Gasteiger partial charge >= 0.3 is 0 Å². The van der Waals surface area contributed by atoms with E-state index < -0.39 is 37.3 Å². The van der Waals surface area contributed by atoms with Crippen LogP contribution >= 0.6 is 0 Å². The molecule has 3 N–H and O–H groups in total. The van der Waals surface area contributed by atoms with E-state index >= 15 is 0 Å². The molecular formula is C30H46N2O6S2. The number of aliphatic hydroxyl groups excluding tert-OH is 1. The number of anilines is 1. The summed E-state index contributed by atoms with van der Waals surface area (Å²) in [7, 11) is -3.30. The average molecular weight is 595 g/mol. The molecule has 1 aliphatic heterocycles. The third-order valence-electron chi connectivity index (χ3n) is 7.99. The minimum Gasteiger partial charge on any atom is -0.494 e. The number of primary sulfonamides is 1. The van der Waals surface area contributed by atoms with Crippen molar-refractivity contribution in [3.8, 4) is 5.75 Å².